The highest BCUT2D eigenvalue weighted by Crippen LogP contribution is 2.43. The Labute approximate surface area is 344 Å². The third-order valence-corrected chi connectivity index (χ3v) is 12.8. The molecule has 0 N–H and O–H groups in total. The Kier molecular flexibility index (Phi) is 7.72. The van der Waals surface area contributed by atoms with Gasteiger partial charge in [0.2, 0.25) is 0 Å². The molecule has 59 heavy (non-hydrogen) atoms. The number of aromatic nitrogens is 3. The van der Waals surface area contributed by atoms with E-state index < -0.39 is 0 Å². The zero-order valence-electron chi connectivity index (χ0n) is 31.8. The van der Waals surface area contributed by atoms with E-state index in [9.17, 15) is 0 Å². The van der Waals surface area contributed by atoms with E-state index in [0.717, 1.165) is 27.8 Å². The maximum atomic E-state index is 5.16. The molecule has 4 heteroatoms. The fourth-order valence-corrected chi connectivity index (χ4v) is 10.0. The van der Waals surface area contributed by atoms with Gasteiger partial charge in [0, 0.05) is 36.9 Å². The van der Waals surface area contributed by atoms with E-state index in [1.807, 2.05) is 29.5 Å². The van der Waals surface area contributed by atoms with Gasteiger partial charge < -0.3 is 0 Å². The summed E-state index contributed by atoms with van der Waals surface area (Å²) in [6, 6.07) is 71.8. The minimum absolute atomic E-state index is 0.641. The predicted octanol–water partition coefficient (Wildman–Crippen LogP) is 15.2. The molecule has 0 bridgehead atoms. The molecule has 2 heterocycles. The summed E-state index contributed by atoms with van der Waals surface area (Å²) in [5.41, 5.74) is 7.47. The first kappa shape index (κ1) is 33.6. The van der Waals surface area contributed by atoms with Crippen molar-refractivity contribution in [3.63, 3.8) is 0 Å². The van der Waals surface area contributed by atoms with E-state index in [2.05, 4.69) is 182 Å². The van der Waals surface area contributed by atoms with Gasteiger partial charge in [0.15, 0.2) is 17.5 Å². The summed E-state index contributed by atoms with van der Waals surface area (Å²) < 4.78 is 2.53. The molecule has 0 aliphatic carbocycles. The van der Waals surface area contributed by atoms with Gasteiger partial charge in [0.05, 0.1) is 0 Å². The van der Waals surface area contributed by atoms with Crippen LogP contribution in [0.4, 0.5) is 0 Å². The van der Waals surface area contributed by atoms with Gasteiger partial charge in [-0.1, -0.05) is 158 Å². The molecule has 0 unspecified atom stereocenters. The van der Waals surface area contributed by atoms with E-state index in [1.54, 1.807) is 0 Å². The Balaban J connectivity index is 1.00. The topological polar surface area (TPSA) is 38.7 Å². The summed E-state index contributed by atoms with van der Waals surface area (Å²) in [5, 5.41) is 12.7. The first-order chi connectivity index (χ1) is 29.2. The van der Waals surface area contributed by atoms with Crippen LogP contribution < -0.4 is 0 Å². The van der Waals surface area contributed by atoms with Crippen LogP contribution in [-0.2, 0) is 0 Å². The smallest absolute Gasteiger partial charge is 0.164 e. The van der Waals surface area contributed by atoms with Gasteiger partial charge in [-0.05, 0) is 108 Å². The summed E-state index contributed by atoms with van der Waals surface area (Å²) in [6.45, 7) is 0. The summed E-state index contributed by atoms with van der Waals surface area (Å²) >= 11 is 1.81. The van der Waals surface area contributed by atoms with Crippen molar-refractivity contribution in [3.05, 3.63) is 200 Å². The molecule has 0 amide bonds. The molecule has 0 radical (unpaired) electrons. The summed E-state index contributed by atoms with van der Waals surface area (Å²) in [6.07, 6.45) is 0. The van der Waals surface area contributed by atoms with E-state index in [4.69, 9.17) is 15.0 Å². The van der Waals surface area contributed by atoms with Gasteiger partial charge in [-0.2, -0.15) is 0 Å². The number of thiophene rings is 1. The predicted molar refractivity (Wildman–Crippen MR) is 250 cm³/mol. The SMILES string of the molecule is c1ccc(-c2nc(-c3cccc(-c4cccc(-c5cc6c7ccccc7c7ccccc7c6c6ccccc56)c4)c3)nc(-c3ccc4sc5ccccc5c4c3)n2)cc1. The van der Waals surface area contributed by atoms with Gasteiger partial charge in [-0.25, -0.2) is 15.0 Å². The fraction of sp³-hybridized carbons (Fsp3) is 0. The van der Waals surface area contributed by atoms with Crippen molar-refractivity contribution in [1.29, 1.82) is 0 Å². The Morgan fingerprint density at radius 1 is 0.254 bits per heavy atom. The maximum Gasteiger partial charge on any atom is 0.164 e. The van der Waals surface area contributed by atoms with Crippen molar-refractivity contribution in [2.45, 2.75) is 0 Å². The number of fused-ring (bicyclic) bond motifs is 11. The van der Waals surface area contributed by atoms with Crippen molar-refractivity contribution in [2.75, 3.05) is 0 Å². The molecule has 0 aliphatic rings. The number of nitrogens with zero attached hydrogens (tertiary/aromatic N) is 3. The van der Waals surface area contributed by atoms with E-state index in [-0.39, 0.29) is 0 Å². The molecular formula is C55H33N3S. The standard InChI is InChI=1S/C55H33N3S/c1-2-14-34(15-3-1)53-56-54(58-55(57-53)39-28-29-51-48(32-39)44-24-10-11-27-50(44)59-51)38-19-13-17-36(31-38)35-16-12-18-37(30-35)47-33-49-42-22-5-4-20-40(42)41-21-6-8-25-45(41)52(49)46-26-9-7-23-43(46)47/h1-33H. The highest BCUT2D eigenvalue weighted by molar-refractivity contribution is 7.25. The Morgan fingerprint density at radius 3 is 1.42 bits per heavy atom. The van der Waals surface area contributed by atoms with Crippen LogP contribution in [0.15, 0.2) is 200 Å². The molecule has 3 nitrogen and oxygen atoms in total. The molecule has 0 atom stereocenters. The Bertz CT molecular complexity index is 3620. The normalized spacial score (nSPS) is 11.7. The van der Waals surface area contributed by atoms with Crippen molar-refractivity contribution < 1.29 is 0 Å². The molecule has 12 aromatic rings. The van der Waals surface area contributed by atoms with Gasteiger partial charge in [-0.15, -0.1) is 11.3 Å². The summed E-state index contributed by atoms with van der Waals surface area (Å²) in [4.78, 5) is 15.3. The lowest BCUT2D eigenvalue weighted by Crippen LogP contribution is -2.00. The van der Waals surface area contributed by atoms with E-state index in [0.29, 0.717) is 17.5 Å². The van der Waals surface area contributed by atoms with Crippen LogP contribution >= 0.6 is 11.3 Å². The van der Waals surface area contributed by atoms with Gasteiger partial charge in [0.1, 0.15) is 0 Å². The van der Waals surface area contributed by atoms with Crippen molar-refractivity contribution >= 4 is 74.6 Å². The largest absolute Gasteiger partial charge is 0.208 e. The average Bonchev–Trinajstić information content (AvgIpc) is 3.69. The van der Waals surface area contributed by atoms with Crippen LogP contribution in [0.5, 0.6) is 0 Å². The van der Waals surface area contributed by atoms with Gasteiger partial charge in [0.25, 0.3) is 0 Å². The minimum Gasteiger partial charge on any atom is -0.208 e. The molecule has 2 aromatic heterocycles. The Morgan fingerprint density at radius 2 is 0.712 bits per heavy atom. The fourth-order valence-electron chi connectivity index (χ4n) is 8.93. The van der Waals surface area contributed by atoms with Crippen molar-refractivity contribution in [3.8, 4) is 56.4 Å². The van der Waals surface area contributed by atoms with Crippen LogP contribution in [0.3, 0.4) is 0 Å². The summed E-state index contributed by atoms with van der Waals surface area (Å²) in [7, 11) is 0. The molecule has 10 aromatic carbocycles. The lowest BCUT2D eigenvalue weighted by atomic mass is 9.87. The third-order valence-electron chi connectivity index (χ3n) is 11.7. The third kappa shape index (κ3) is 5.60. The first-order valence-corrected chi connectivity index (χ1v) is 20.7. The van der Waals surface area contributed by atoms with E-state index in [1.165, 1.54) is 74.4 Å². The highest BCUT2D eigenvalue weighted by atomic mass is 32.1. The lowest BCUT2D eigenvalue weighted by Gasteiger charge is -2.16. The molecule has 0 fully saturated rings. The van der Waals surface area contributed by atoms with Crippen LogP contribution in [0, 0.1) is 0 Å². The van der Waals surface area contributed by atoms with E-state index >= 15 is 0 Å². The Hall–Kier alpha value is -7.53. The first-order valence-electron chi connectivity index (χ1n) is 19.9. The highest BCUT2D eigenvalue weighted by Gasteiger charge is 2.17. The second-order valence-corrected chi connectivity index (χ2v) is 16.2. The monoisotopic (exact) mass is 767 g/mol. The van der Waals surface area contributed by atoms with Crippen LogP contribution in [0.25, 0.3) is 120 Å². The minimum atomic E-state index is 0.641. The lowest BCUT2D eigenvalue weighted by molar-refractivity contribution is 1.07. The molecular weight excluding hydrogens is 735 g/mol. The molecule has 12 rings (SSSR count). The molecule has 274 valence electrons. The molecule has 0 saturated carbocycles. The molecule has 0 saturated heterocycles. The second kappa shape index (κ2) is 13.6. The number of hydrogen-bond donors (Lipinski definition) is 0. The maximum absolute atomic E-state index is 5.16. The quantitative estimate of drug-likeness (QED) is 0.164. The average molecular weight is 768 g/mol. The number of hydrogen-bond acceptors (Lipinski definition) is 4. The van der Waals surface area contributed by atoms with Crippen LogP contribution in [0.1, 0.15) is 0 Å². The molecule has 0 aliphatic heterocycles. The zero-order valence-corrected chi connectivity index (χ0v) is 32.6. The number of benzene rings is 10. The van der Waals surface area contributed by atoms with Crippen molar-refractivity contribution in [1.82, 2.24) is 15.0 Å². The van der Waals surface area contributed by atoms with Crippen molar-refractivity contribution in [2.24, 2.45) is 0 Å². The number of rotatable bonds is 5. The summed E-state index contributed by atoms with van der Waals surface area (Å²) in [5.74, 6) is 1.94. The van der Waals surface area contributed by atoms with Gasteiger partial charge >= 0.3 is 0 Å². The van der Waals surface area contributed by atoms with Gasteiger partial charge in [-0.3, -0.25) is 0 Å². The van der Waals surface area contributed by atoms with Crippen LogP contribution in [0.2, 0.25) is 0 Å². The van der Waals surface area contributed by atoms with Crippen LogP contribution in [-0.4, -0.2) is 15.0 Å². The molecule has 0 spiro atoms. The second-order valence-electron chi connectivity index (χ2n) is 15.1. The zero-order chi connectivity index (χ0) is 38.9.